The molecule has 0 heterocycles. The van der Waals surface area contributed by atoms with Crippen LogP contribution in [-0.4, -0.2) is 38.4 Å². The van der Waals surface area contributed by atoms with Gasteiger partial charge in [-0.15, -0.1) is 0 Å². The van der Waals surface area contributed by atoms with Gasteiger partial charge in [0.25, 0.3) is 0 Å². The average molecular weight is 432 g/mol. The Hall–Kier alpha value is -2.46. The summed E-state index contributed by atoms with van der Waals surface area (Å²) in [6, 6.07) is 5.50. The number of nitrogens with one attached hydrogen (secondary N) is 1. The van der Waals surface area contributed by atoms with Crippen LogP contribution in [0, 0.1) is 19.7 Å². The summed E-state index contributed by atoms with van der Waals surface area (Å²) in [5.74, 6) is -1.87. The first-order chi connectivity index (χ1) is 13.3. The van der Waals surface area contributed by atoms with E-state index in [2.05, 4.69) is 0 Å². The van der Waals surface area contributed by atoms with E-state index in [1.165, 1.54) is 12.1 Å². The third-order valence-corrected chi connectivity index (χ3v) is 6.19. The lowest BCUT2D eigenvalue weighted by Gasteiger charge is -2.24. The van der Waals surface area contributed by atoms with Crippen molar-refractivity contribution in [3.63, 3.8) is 0 Å². The minimum Gasteiger partial charge on any atom is -0.340 e. The Morgan fingerprint density at radius 2 is 1.66 bits per heavy atom. The van der Waals surface area contributed by atoms with Crippen LogP contribution in [0.3, 0.4) is 0 Å². The van der Waals surface area contributed by atoms with Gasteiger partial charge in [0.1, 0.15) is 5.82 Å². The lowest BCUT2D eigenvalue weighted by molar-refractivity contribution is -0.163. The highest BCUT2D eigenvalue weighted by Gasteiger charge is 2.42. The standard InChI is InChI=1S/C19H20F4N2O3S/c1-12-4-9-16(10-13(12)2)29(27,28)25(3)11-17(26)24-18(19(21,22)23)14-5-7-15(20)8-6-14/h4-10,18H,11H2,1-3H3,(H,24,26). The van der Waals surface area contributed by atoms with E-state index in [1.54, 1.807) is 25.2 Å². The normalized spacial score (nSPS) is 13.4. The molecule has 2 aromatic rings. The number of likely N-dealkylation sites (N-methyl/N-ethyl adjacent to an activating group) is 1. The van der Waals surface area contributed by atoms with Gasteiger partial charge in [0.15, 0.2) is 6.04 Å². The molecule has 0 aliphatic heterocycles. The topological polar surface area (TPSA) is 66.5 Å². The Labute approximate surface area is 166 Å². The number of benzene rings is 2. The number of carbonyl (C=O) groups excluding carboxylic acids is 1. The first kappa shape index (κ1) is 22.8. The highest BCUT2D eigenvalue weighted by molar-refractivity contribution is 7.89. The van der Waals surface area contributed by atoms with Crippen LogP contribution in [-0.2, 0) is 14.8 Å². The second-order valence-corrected chi connectivity index (χ2v) is 8.65. The van der Waals surface area contributed by atoms with Gasteiger partial charge < -0.3 is 5.32 Å². The van der Waals surface area contributed by atoms with E-state index in [1.807, 2.05) is 0 Å². The number of hydrogen-bond donors (Lipinski definition) is 1. The molecule has 0 saturated heterocycles. The van der Waals surface area contributed by atoms with Gasteiger partial charge in [0.05, 0.1) is 11.4 Å². The van der Waals surface area contributed by atoms with Gasteiger partial charge in [-0.25, -0.2) is 12.8 Å². The molecule has 10 heteroatoms. The molecule has 1 atom stereocenters. The first-order valence-corrected chi connectivity index (χ1v) is 9.91. The van der Waals surface area contributed by atoms with Gasteiger partial charge in [-0.2, -0.15) is 17.5 Å². The molecule has 0 saturated carbocycles. The molecule has 5 nitrogen and oxygen atoms in total. The summed E-state index contributed by atoms with van der Waals surface area (Å²) in [6.07, 6.45) is -4.85. The zero-order valence-corrected chi connectivity index (χ0v) is 16.7. The van der Waals surface area contributed by atoms with Crippen LogP contribution in [0.25, 0.3) is 0 Å². The molecule has 1 amide bonds. The molecular formula is C19H20F4N2O3S. The van der Waals surface area contributed by atoms with Crippen LogP contribution in [0.1, 0.15) is 22.7 Å². The van der Waals surface area contributed by atoms with Crippen molar-refractivity contribution in [1.82, 2.24) is 9.62 Å². The fourth-order valence-corrected chi connectivity index (χ4v) is 3.77. The maximum Gasteiger partial charge on any atom is 0.412 e. The number of rotatable bonds is 6. The Bertz CT molecular complexity index is 990. The molecule has 2 rings (SSSR count). The highest BCUT2D eigenvalue weighted by Crippen LogP contribution is 2.32. The second-order valence-electron chi connectivity index (χ2n) is 6.60. The van der Waals surface area contributed by atoms with Gasteiger partial charge in [-0.05, 0) is 54.8 Å². The Morgan fingerprint density at radius 3 is 2.17 bits per heavy atom. The van der Waals surface area contributed by atoms with Gasteiger partial charge in [0, 0.05) is 7.05 Å². The molecule has 2 aromatic carbocycles. The van der Waals surface area contributed by atoms with E-state index in [4.69, 9.17) is 0 Å². The van der Waals surface area contributed by atoms with Crippen molar-refractivity contribution >= 4 is 15.9 Å². The summed E-state index contributed by atoms with van der Waals surface area (Å²) in [4.78, 5) is 12.1. The van der Waals surface area contributed by atoms with E-state index in [9.17, 15) is 30.8 Å². The molecule has 0 fully saturated rings. The van der Waals surface area contributed by atoms with Crippen molar-refractivity contribution in [3.8, 4) is 0 Å². The largest absolute Gasteiger partial charge is 0.412 e. The van der Waals surface area contributed by atoms with Crippen LogP contribution < -0.4 is 5.32 Å². The van der Waals surface area contributed by atoms with Crippen molar-refractivity contribution in [2.75, 3.05) is 13.6 Å². The Balaban J connectivity index is 2.18. The summed E-state index contributed by atoms with van der Waals surface area (Å²) < 4.78 is 78.9. The van der Waals surface area contributed by atoms with E-state index in [0.29, 0.717) is 4.31 Å². The fourth-order valence-electron chi connectivity index (χ4n) is 2.56. The van der Waals surface area contributed by atoms with Gasteiger partial charge in [-0.1, -0.05) is 18.2 Å². The molecule has 0 aliphatic carbocycles. The lowest BCUT2D eigenvalue weighted by atomic mass is 10.1. The van der Waals surface area contributed by atoms with Crippen LogP contribution >= 0.6 is 0 Å². The molecule has 0 aliphatic rings. The molecule has 0 aromatic heterocycles. The van der Waals surface area contributed by atoms with E-state index in [0.717, 1.165) is 42.4 Å². The van der Waals surface area contributed by atoms with Gasteiger partial charge >= 0.3 is 6.18 Å². The molecule has 1 N–H and O–H groups in total. The van der Waals surface area contributed by atoms with Gasteiger partial charge in [-0.3, -0.25) is 4.79 Å². The van der Waals surface area contributed by atoms with Crippen LogP contribution in [0.4, 0.5) is 17.6 Å². The molecule has 1 unspecified atom stereocenters. The molecule has 29 heavy (non-hydrogen) atoms. The van der Waals surface area contributed by atoms with E-state index >= 15 is 0 Å². The molecule has 0 spiro atoms. The number of nitrogens with zero attached hydrogens (tertiary/aromatic N) is 1. The average Bonchev–Trinajstić information content (AvgIpc) is 2.61. The number of aryl methyl sites for hydroxylation is 2. The first-order valence-electron chi connectivity index (χ1n) is 8.47. The molecule has 0 radical (unpaired) electrons. The summed E-state index contributed by atoms with van der Waals surface area (Å²) in [5, 5.41) is 1.78. The maximum atomic E-state index is 13.3. The number of hydrogen-bond acceptors (Lipinski definition) is 3. The lowest BCUT2D eigenvalue weighted by Crippen LogP contribution is -2.43. The predicted octanol–water partition coefficient (Wildman–Crippen LogP) is 3.48. The summed E-state index contributed by atoms with van der Waals surface area (Å²) in [6.45, 7) is 2.70. The van der Waals surface area contributed by atoms with Crippen LogP contribution in [0.2, 0.25) is 0 Å². The van der Waals surface area contributed by atoms with Crippen molar-refractivity contribution in [2.45, 2.75) is 31.0 Å². The third-order valence-electron chi connectivity index (χ3n) is 4.39. The predicted molar refractivity (Wildman–Crippen MR) is 99.1 cm³/mol. The third kappa shape index (κ3) is 5.54. The van der Waals surface area contributed by atoms with E-state index < -0.39 is 40.5 Å². The quantitative estimate of drug-likeness (QED) is 0.711. The van der Waals surface area contributed by atoms with E-state index in [-0.39, 0.29) is 10.5 Å². The monoisotopic (exact) mass is 432 g/mol. The maximum absolute atomic E-state index is 13.3. The number of amides is 1. The summed E-state index contributed by atoms with van der Waals surface area (Å²) in [7, 11) is -2.97. The minimum atomic E-state index is -4.85. The Kier molecular flexibility index (Phi) is 6.69. The zero-order valence-electron chi connectivity index (χ0n) is 15.9. The van der Waals surface area contributed by atoms with Crippen LogP contribution in [0.15, 0.2) is 47.4 Å². The fraction of sp³-hybridized carbons (Fsp3) is 0.316. The highest BCUT2D eigenvalue weighted by atomic mass is 32.2. The SMILES string of the molecule is Cc1ccc(S(=O)(=O)N(C)CC(=O)NC(c2ccc(F)cc2)C(F)(F)F)cc1C. The zero-order chi connectivity index (χ0) is 22.0. The van der Waals surface area contributed by atoms with Gasteiger partial charge in [0.2, 0.25) is 15.9 Å². The van der Waals surface area contributed by atoms with Crippen molar-refractivity contribution in [3.05, 3.63) is 65.0 Å². The van der Waals surface area contributed by atoms with Crippen molar-refractivity contribution in [1.29, 1.82) is 0 Å². The van der Waals surface area contributed by atoms with Crippen molar-refractivity contribution < 1.29 is 30.8 Å². The number of halogens is 4. The summed E-state index contributed by atoms with van der Waals surface area (Å²) in [5.41, 5.74) is 1.22. The minimum absolute atomic E-state index is 0.0678. The Morgan fingerprint density at radius 1 is 1.07 bits per heavy atom. The number of sulfonamides is 1. The molecule has 0 bridgehead atoms. The molecular weight excluding hydrogens is 412 g/mol. The number of carbonyl (C=O) groups is 1. The van der Waals surface area contributed by atoms with Crippen LogP contribution in [0.5, 0.6) is 0 Å². The summed E-state index contributed by atoms with van der Waals surface area (Å²) >= 11 is 0. The molecule has 158 valence electrons. The number of alkyl halides is 3. The smallest absolute Gasteiger partial charge is 0.340 e. The second kappa shape index (κ2) is 8.50. The van der Waals surface area contributed by atoms with Crippen molar-refractivity contribution in [2.24, 2.45) is 0 Å².